The fourth-order valence-electron chi connectivity index (χ4n) is 1.82. The largest absolute Gasteiger partial charge is 0.452 e. The lowest BCUT2D eigenvalue weighted by atomic mass is 10.2. The number of hydrogen-bond donors (Lipinski definition) is 1. The van der Waals surface area contributed by atoms with Crippen molar-refractivity contribution in [3.05, 3.63) is 33.1 Å². The average Bonchev–Trinajstić information content (AvgIpc) is 3.24. The Morgan fingerprint density at radius 2 is 2.26 bits per heavy atom. The van der Waals surface area contributed by atoms with Gasteiger partial charge in [-0.3, -0.25) is 0 Å². The van der Waals surface area contributed by atoms with E-state index in [2.05, 4.69) is 35.8 Å². The van der Waals surface area contributed by atoms with E-state index in [9.17, 15) is 4.79 Å². The highest BCUT2D eigenvalue weighted by atomic mass is 79.9. The fraction of sp³-hybridized carbons (Fsp3) is 0.231. The number of aromatic nitrogens is 3. The first kappa shape index (κ1) is 16.1. The number of rotatable bonds is 5. The Kier molecular flexibility index (Phi) is 4.74. The van der Waals surface area contributed by atoms with Gasteiger partial charge < -0.3 is 14.5 Å². The zero-order chi connectivity index (χ0) is 16.4. The van der Waals surface area contributed by atoms with E-state index in [1.807, 2.05) is 12.1 Å². The molecule has 0 bridgehead atoms. The molecular weight excluding hydrogens is 404 g/mol. The summed E-state index contributed by atoms with van der Waals surface area (Å²) in [6.07, 6.45) is 0. The molecule has 0 spiro atoms. The van der Waals surface area contributed by atoms with Crippen molar-refractivity contribution in [3.63, 3.8) is 0 Å². The van der Waals surface area contributed by atoms with Crippen molar-refractivity contribution in [2.24, 2.45) is 0 Å². The molecule has 0 aromatic carbocycles. The molecule has 3 aromatic rings. The highest BCUT2D eigenvalue weighted by Gasteiger charge is 2.20. The normalized spacial score (nSPS) is 10.7. The van der Waals surface area contributed by atoms with E-state index in [0.29, 0.717) is 22.1 Å². The van der Waals surface area contributed by atoms with Crippen LogP contribution in [0.5, 0.6) is 0 Å². The number of carbonyl (C=O) groups excluding carboxylic acids is 1. The molecule has 0 aliphatic rings. The molecule has 0 radical (unpaired) electrons. The minimum absolute atomic E-state index is 0.0865. The van der Waals surface area contributed by atoms with Crippen molar-refractivity contribution >= 4 is 49.8 Å². The molecular formula is C13H11BrN4O3S2. The lowest BCUT2D eigenvalue weighted by Gasteiger charge is -2.03. The number of carbonyl (C=O) groups is 1. The first-order valence-electron chi connectivity index (χ1n) is 6.47. The summed E-state index contributed by atoms with van der Waals surface area (Å²) in [5, 5.41) is 11.4. The van der Waals surface area contributed by atoms with Gasteiger partial charge in [0.25, 0.3) is 11.8 Å². The third kappa shape index (κ3) is 3.43. The molecule has 3 aromatic heterocycles. The Balaban J connectivity index is 1.68. The van der Waals surface area contributed by atoms with Crippen molar-refractivity contribution in [1.82, 2.24) is 14.6 Å². The van der Waals surface area contributed by atoms with Crippen molar-refractivity contribution in [3.8, 4) is 10.8 Å². The zero-order valence-electron chi connectivity index (χ0n) is 12.1. The van der Waals surface area contributed by atoms with Crippen LogP contribution in [0.15, 0.2) is 20.3 Å². The van der Waals surface area contributed by atoms with Gasteiger partial charge in [0.15, 0.2) is 6.61 Å². The highest BCUT2D eigenvalue weighted by molar-refractivity contribution is 9.11. The number of aryl methyl sites for hydroxylation is 1. The Morgan fingerprint density at radius 1 is 1.43 bits per heavy atom. The van der Waals surface area contributed by atoms with Gasteiger partial charge in [-0.15, -0.1) is 21.5 Å². The minimum Gasteiger partial charge on any atom is -0.452 e. The maximum Gasteiger partial charge on any atom is 0.343 e. The standard InChI is InChI=1S/C13H11BrN4O3S2/c1-6-10(12(15-2)23-18-6)13(19)20-5-9-16-17-11(21-9)7-3-4-8(14)22-7/h3-4,15H,5H2,1-2H3. The second-order valence-electron chi connectivity index (χ2n) is 4.40. The maximum atomic E-state index is 12.2. The van der Waals surface area contributed by atoms with Gasteiger partial charge in [-0.25, -0.2) is 4.79 Å². The molecule has 23 heavy (non-hydrogen) atoms. The molecule has 0 saturated heterocycles. The van der Waals surface area contributed by atoms with Gasteiger partial charge in [0, 0.05) is 7.05 Å². The van der Waals surface area contributed by atoms with Crippen LogP contribution in [0, 0.1) is 6.92 Å². The van der Waals surface area contributed by atoms with Gasteiger partial charge in [-0.05, 0) is 46.5 Å². The Labute approximate surface area is 148 Å². The molecule has 0 amide bonds. The van der Waals surface area contributed by atoms with E-state index in [1.165, 1.54) is 22.9 Å². The topological polar surface area (TPSA) is 90.1 Å². The Bertz CT molecular complexity index is 842. The first-order chi connectivity index (χ1) is 11.1. The molecule has 0 atom stereocenters. The number of ether oxygens (including phenoxy) is 1. The van der Waals surface area contributed by atoms with Gasteiger partial charge in [-0.2, -0.15) is 4.37 Å². The van der Waals surface area contributed by atoms with Crippen molar-refractivity contribution in [2.45, 2.75) is 13.5 Å². The van der Waals surface area contributed by atoms with Crippen LogP contribution in [0.1, 0.15) is 21.9 Å². The van der Waals surface area contributed by atoms with Crippen LogP contribution in [0.25, 0.3) is 10.8 Å². The number of hydrogen-bond acceptors (Lipinski definition) is 9. The van der Waals surface area contributed by atoms with E-state index in [-0.39, 0.29) is 12.5 Å². The Morgan fingerprint density at radius 3 is 2.96 bits per heavy atom. The summed E-state index contributed by atoms with van der Waals surface area (Å²) in [6.45, 7) is 1.67. The van der Waals surface area contributed by atoms with E-state index < -0.39 is 5.97 Å². The second kappa shape index (κ2) is 6.77. The quantitative estimate of drug-likeness (QED) is 0.635. The molecule has 7 nitrogen and oxygen atoms in total. The summed E-state index contributed by atoms with van der Waals surface area (Å²) in [6, 6.07) is 3.77. The van der Waals surface area contributed by atoms with Crippen LogP contribution in [0.3, 0.4) is 0 Å². The first-order valence-corrected chi connectivity index (χ1v) is 8.86. The van der Waals surface area contributed by atoms with E-state index in [1.54, 1.807) is 14.0 Å². The zero-order valence-corrected chi connectivity index (χ0v) is 15.3. The van der Waals surface area contributed by atoms with Gasteiger partial charge in [0.2, 0.25) is 0 Å². The molecule has 0 aliphatic carbocycles. The van der Waals surface area contributed by atoms with Crippen LogP contribution in [0.4, 0.5) is 5.00 Å². The number of anilines is 1. The molecule has 3 rings (SSSR count). The number of nitrogens with one attached hydrogen (secondary N) is 1. The van der Waals surface area contributed by atoms with Gasteiger partial charge >= 0.3 is 5.97 Å². The molecule has 3 heterocycles. The van der Waals surface area contributed by atoms with E-state index in [0.717, 1.165) is 8.66 Å². The fourth-order valence-corrected chi connectivity index (χ4v) is 3.86. The number of halogens is 1. The smallest absolute Gasteiger partial charge is 0.343 e. The van der Waals surface area contributed by atoms with Gasteiger partial charge in [-0.1, -0.05) is 0 Å². The lowest BCUT2D eigenvalue weighted by Crippen LogP contribution is -2.08. The molecule has 120 valence electrons. The van der Waals surface area contributed by atoms with Crippen LogP contribution in [-0.2, 0) is 11.3 Å². The van der Waals surface area contributed by atoms with E-state index >= 15 is 0 Å². The molecule has 0 saturated carbocycles. The predicted molar refractivity (Wildman–Crippen MR) is 90.8 cm³/mol. The van der Waals surface area contributed by atoms with Crippen LogP contribution < -0.4 is 5.32 Å². The summed E-state index contributed by atoms with van der Waals surface area (Å²) < 4.78 is 15.8. The summed E-state index contributed by atoms with van der Waals surface area (Å²) >= 11 is 6.07. The molecule has 10 heteroatoms. The third-order valence-corrected chi connectivity index (χ3v) is 5.44. The SMILES string of the molecule is CNc1snc(C)c1C(=O)OCc1nnc(-c2ccc(Br)s2)o1. The third-order valence-electron chi connectivity index (χ3n) is 2.87. The molecule has 0 fully saturated rings. The predicted octanol–water partition coefficient (Wildman–Crippen LogP) is 3.72. The maximum absolute atomic E-state index is 12.2. The summed E-state index contributed by atoms with van der Waals surface area (Å²) in [4.78, 5) is 13.0. The lowest BCUT2D eigenvalue weighted by molar-refractivity contribution is 0.0439. The van der Waals surface area contributed by atoms with Crippen LogP contribution in [-0.4, -0.2) is 27.6 Å². The van der Waals surface area contributed by atoms with Crippen molar-refractivity contribution in [1.29, 1.82) is 0 Å². The summed E-state index contributed by atoms with van der Waals surface area (Å²) in [7, 11) is 1.73. The summed E-state index contributed by atoms with van der Waals surface area (Å²) in [5.41, 5.74) is 1.05. The van der Waals surface area contributed by atoms with Crippen LogP contribution in [0.2, 0.25) is 0 Å². The van der Waals surface area contributed by atoms with Crippen molar-refractivity contribution in [2.75, 3.05) is 12.4 Å². The molecule has 1 N–H and O–H groups in total. The van der Waals surface area contributed by atoms with Gasteiger partial charge in [0.05, 0.1) is 14.4 Å². The van der Waals surface area contributed by atoms with Gasteiger partial charge in [0.1, 0.15) is 10.6 Å². The number of esters is 1. The molecule has 0 unspecified atom stereocenters. The van der Waals surface area contributed by atoms with E-state index in [4.69, 9.17) is 9.15 Å². The second-order valence-corrected chi connectivity index (χ2v) is 7.64. The number of thiophene rings is 1. The average molecular weight is 415 g/mol. The highest BCUT2D eigenvalue weighted by Crippen LogP contribution is 2.30. The molecule has 0 aliphatic heterocycles. The number of nitrogens with zero attached hydrogens (tertiary/aromatic N) is 3. The minimum atomic E-state index is -0.473. The van der Waals surface area contributed by atoms with Crippen LogP contribution >= 0.6 is 38.8 Å². The monoisotopic (exact) mass is 414 g/mol. The Hall–Kier alpha value is -1.78. The van der Waals surface area contributed by atoms with Crippen molar-refractivity contribution < 1.29 is 13.9 Å². The summed E-state index contributed by atoms with van der Waals surface area (Å²) in [5.74, 6) is 0.167.